The minimum absolute atomic E-state index is 0.0939. The van der Waals surface area contributed by atoms with Crippen LogP contribution in [0.25, 0.3) is 0 Å². The second-order valence-electron chi connectivity index (χ2n) is 5.21. The van der Waals surface area contributed by atoms with E-state index >= 15 is 0 Å². The molecule has 0 radical (unpaired) electrons. The monoisotopic (exact) mass is 258 g/mol. The van der Waals surface area contributed by atoms with Crippen LogP contribution in [0, 0.1) is 5.41 Å². The number of hydrogen-bond acceptors (Lipinski definition) is 4. The largest absolute Gasteiger partial charge is 0.393 e. The highest BCUT2D eigenvalue weighted by atomic mass is 16.5. The Morgan fingerprint density at radius 2 is 2.17 bits per heavy atom. The summed E-state index contributed by atoms with van der Waals surface area (Å²) in [7, 11) is 1.64. The number of ether oxygens (including phenoxy) is 1. The van der Waals surface area contributed by atoms with Gasteiger partial charge in [0.1, 0.15) is 0 Å². The first-order chi connectivity index (χ1) is 8.60. The van der Waals surface area contributed by atoms with E-state index in [1.54, 1.807) is 14.0 Å². The Morgan fingerprint density at radius 3 is 2.72 bits per heavy atom. The average Bonchev–Trinajstić information content (AvgIpc) is 2.35. The van der Waals surface area contributed by atoms with Crippen molar-refractivity contribution in [1.82, 2.24) is 10.6 Å². The third-order valence-corrected chi connectivity index (χ3v) is 3.55. The average molecular weight is 258 g/mol. The first-order valence-electron chi connectivity index (χ1n) is 6.77. The van der Waals surface area contributed by atoms with Crippen molar-refractivity contribution >= 4 is 5.91 Å². The van der Waals surface area contributed by atoms with Crippen LogP contribution in [0.3, 0.4) is 0 Å². The van der Waals surface area contributed by atoms with E-state index in [4.69, 9.17) is 9.84 Å². The van der Waals surface area contributed by atoms with Crippen molar-refractivity contribution in [3.63, 3.8) is 0 Å². The van der Waals surface area contributed by atoms with Gasteiger partial charge in [0.05, 0.1) is 18.1 Å². The molecular formula is C13H26N2O3. The van der Waals surface area contributed by atoms with Gasteiger partial charge in [-0.1, -0.05) is 0 Å². The van der Waals surface area contributed by atoms with E-state index in [2.05, 4.69) is 10.6 Å². The van der Waals surface area contributed by atoms with E-state index in [0.29, 0.717) is 13.2 Å². The van der Waals surface area contributed by atoms with Crippen LogP contribution >= 0.6 is 0 Å². The Bertz CT molecular complexity index is 245. The fraction of sp³-hybridized carbons (Fsp3) is 0.923. The normalized spacial score (nSPS) is 20.4. The minimum Gasteiger partial charge on any atom is -0.393 e. The smallest absolute Gasteiger partial charge is 0.228 e. The predicted molar refractivity (Wildman–Crippen MR) is 70.3 cm³/mol. The van der Waals surface area contributed by atoms with E-state index in [1.807, 2.05) is 0 Å². The fourth-order valence-corrected chi connectivity index (χ4v) is 2.41. The molecule has 1 heterocycles. The summed E-state index contributed by atoms with van der Waals surface area (Å²) in [5.41, 5.74) is -0.370. The van der Waals surface area contributed by atoms with Crippen LogP contribution in [0.4, 0.5) is 0 Å². The van der Waals surface area contributed by atoms with E-state index in [0.717, 1.165) is 38.8 Å². The molecule has 1 unspecified atom stereocenters. The number of carbonyl (C=O) groups is 1. The second-order valence-corrected chi connectivity index (χ2v) is 5.21. The van der Waals surface area contributed by atoms with Gasteiger partial charge in [0.2, 0.25) is 5.91 Å². The van der Waals surface area contributed by atoms with Crippen LogP contribution in [0.5, 0.6) is 0 Å². The van der Waals surface area contributed by atoms with Gasteiger partial charge >= 0.3 is 0 Å². The zero-order chi connectivity index (χ0) is 13.4. The maximum atomic E-state index is 12.3. The highest BCUT2D eigenvalue weighted by Crippen LogP contribution is 2.29. The second kappa shape index (κ2) is 7.71. The quantitative estimate of drug-likeness (QED) is 0.574. The van der Waals surface area contributed by atoms with Crippen LogP contribution in [-0.2, 0) is 9.53 Å². The van der Waals surface area contributed by atoms with E-state index in [1.165, 1.54) is 0 Å². The van der Waals surface area contributed by atoms with Gasteiger partial charge in [0.25, 0.3) is 0 Å². The molecule has 106 valence electrons. The van der Waals surface area contributed by atoms with Gasteiger partial charge in [-0.2, -0.15) is 0 Å². The number of nitrogens with one attached hydrogen (secondary N) is 2. The lowest BCUT2D eigenvalue weighted by Crippen LogP contribution is -2.50. The SMILES string of the molecule is COCC1(C(=O)NCCCC(C)O)CCNCC1. The molecule has 0 spiro atoms. The zero-order valence-electron chi connectivity index (χ0n) is 11.5. The van der Waals surface area contributed by atoms with Crippen molar-refractivity contribution in [2.75, 3.05) is 33.4 Å². The summed E-state index contributed by atoms with van der Waals surface area (Å²) in [5, 5.41) is 15.4. The lowest BCUT2D eigenvalue weighted by molar-refractivity contribution is -0.136. The lowest BCUT2D eigenvalue weighted by Gasteiger charge is -2.35. The number of amides is 1. The Morgan fingerprint density at radius 1 is 1.50 bits per heavy atom. The van der Waals surface area contributed by atoms with E-state index in [-0.39, 0.29) is 17.4 Å². The van der Waals surface area contributed by atoms with E-state index < -0.39 is 0 Å². The third kappa shape index (κ3) is 4.55. The fourth-order valence-electron chi connectivity index (χ4n) is 2.41. The summed E-state index contributed by atoms with van der Waals surface area (Å²) in [6.07, 6.45) is 2.88. The number of aliphatic hydroxyl groups is 1. The molecule has 0 aromatic rings. The van der Waals surface area contributed by atoms with Gasteiger partial charge in [-0.15, -0.1) is 0 Å². The molecule has 0 bridgehead atoms. The Hall–Kier alpha value is -0.650. The summed E-state index contributed by atoms with van der Waals surface area (Å²) in [6.45, 7) is 4.61. The molecule has 0 aliphatic carbocycles. The van der Waals surface area contributed by atoms with Crippen molar-refractivity contribution in [2.45, 2.75) is 38.7 Å². The maximum Gasteiger partial charge on any atom is 0.228 e. The maximum absolute atomic E-state index is 12.3. The molecule has 0 aromatic heterocycles. The topological polar surface area (TPSA) is 70.6 Å². The number of aliphatic hydroxyl groups excluding tert-OH is 1. The van der Waals surface area contributed by atoms with Crippen molar-refractivity contribution in [3.8, 4) is 0 Å². The molecule has 1 amide bonds. The lowest BCUT2D eigenvalue weighted by atomic mass is 9.78. The molecule has 0 saturated carbocycles. The van der Waals surface area contributed by atoms with Gasteiger partial charge in [-0.3, -0.25) is 4.79 Å². The first-order valence-corrected chi connectivity index (χ1v) is 6.77. The summed E-state index contributed by atoms with van der Waals surface area (Å²) in [4.78, 5) is 12.3. The number of carbonyl (C=O) groups excluding carboxylic acids is 1. The van der Waals surface area contributed by atoms with Crippen LogP contribution < -0.4 is 10.6 Å². The van der Waals surface area contributed by atoms with Crippen molar-refractivity contribution in [1.29, 1.82) is 0 Å². The van der Waals surface area contributed by atoms with Crippen molar-refractivity contribution < 1.29 is 14.6 Å². The number of piperidine rings is 1. The number of rotatable bonds is 7. The zero-order valence-corrected chi connectivity index (χ0v) is 11.5. The summed E-state index contributed by atoms with van der Waals surface area (Å²) in [6, 6.07) is 0. The van der Waals surface area contributed by atoms with E-state index in [9.17, 15) is 4.79 Å². The molecule has 18 heavy (non-hydrogen) atoms. The molecule has 3 N–H and O–H groups in total. The van der Waals surface area contributed by atoms with Gasteiger partial charge in [-0.05, 0) is 45.7 Å². The molecule has 1 aliphatic heterocycles. The molecule has 1 rings (SSSR count). The molecule has 0 aromatic carbocycles. The summed E-state index contributed by atoms with van der Waals surface area (Å²) < 4.78 is 5.22. The molecule has 1 atom stereocenters. The number of hydrogen-bond donors (Lipinski definition) is 3. The van der Waals surface area contributed by atoms with Crippen LogP contribution in [-0.4, -0.2) is 50.5 Å². The van der Waals surface area contributed by atoms with Gasteiger partial charge in [0, 0.05) is 13.7 Å². The van der Waals surface area contributed by atoms with Gasteiger partial charge in [0.15, 0.2) is 0 Å². The summed E-state index contributed by atoms with van der Waals surface area (Å²) >= 11 is 0. The molecule has 1 fully saturated rings. The van der Waals surface area contributed by atoms with Gasteiger partial charge in [-0.25, -0.2) is 0 Å². The van der Waals surface area contributed by atoms with Crippen LogP contribution in [0.15, 0.2) is 0 Å². The van der Waals surface area contributed by atoms with Crippen molar-refractivity contribution in [3.05, 3.63) is 0 Å². The summed E-state index contributed by atoms with van der Waals surface area (Å²) in [5.74, 6) is 0.0939. The van der Waals surface area contributed by atoms with Crippen LogP contribution in [0.2, 0.25) is 0 Å². The Labute approximate surface area is 109 Å². The van der Waals surface area contributed by atoms with Crippen molar-refractivity contribution in [2.24, 2.45) is 5.41 Å². The Balaban J connectivity index is 2.39. The molecule has 5 heteroatoms. The predicted octanol–water partition coefficient (Wildman–Crippen LogP) is 0.280. The Kier molecular flexibility index (Phi) is 6.60. The first kappa shape index (κ1) is 15.4. The van der Waals surface area contributed by atoms with Crippen LogP contribution in [0.1, 0.15) is 32.6 Å². The third-order valence-electron chi connectivity index (χ3n) is 3.55. The molecule has 1 aliphatic rings. The highest BCUT2D eigenvalue weighted by Gasteiger charge is 2.39. The molecular weight excluding hydrogens is 232 g/mol. The standard InChI is InChI=1S/C13H26N2O3/c1-11(16)4-3-7-15-12(17)13(10-18-2)5-8-14-9-6-13/h11,14,16H,3-10H2,1-2H3,(H,15,17). The molecule has 5 nitrogen and oxygen atoms in total. The van der Waals surface area contributed by atoms with Gasteiger partial charge < -0.3 is 20.5 Å². The molecule has 1 saturated heterocycles. The highest BCUT2D eigenvalue weighted by molar-refractivity contribution is 5.82. The number of methoxy groups -OCH3 is 1. The minimum atomic E-state index is -0.370.